The molecule has 0 radical (unpaired) electrons. The van der Waals surface area contributed by atoms with Gasteiger partial charge in [-0.2, -0.15) is 0 Å². The van der Waals surface area contributed by atoms with Crippen molar-refractivity contribution in [3.8, 4) is 0 Å². The molecule has 3 heteroatoms. The van der Waals surface area contributed by atoms with Crippen LogP contribution in [0.4, 0.5) is 0 Å². The van der Waals surface area contributed by atoms with E-state index in [1.165, 1.54) is 53.0 Å². The van der Waals surface area contributed by atoms with Crippen LogP contribution < -0.4 is 0 Å². The average Bonchev–Trinajstić information content (AvgIpc) is 2.98. The number of hydrogen-bond acceptors (Lipinski definition) is 2. The summed E-state index contributed by atoms with van der Waals surface area (Å²) >= 11 is 0. The molecule has 1 aliphatic carbocycles. The summed E-state index contributed by atoms with van der Waals surface area (Å²) in [5.74, 6) is 1.20. The lowest BCUT2D eigenvalue weighted by molar-refractivity contribution is 0.217. The van der Waals surface area contributed by atoms with Gasteiger partial charge >= 0.3 is 0 Å². The third kappa shape index (κ3) is 2.92. The Morgan fingerprint density at radius 3 is 2.50 bits per heavy atom. The maximum absolute atomic E-state index is 4.80. The van der Waals surface area contributed by atoms with Crippen LogP contribution >= 0.6 is 0 Å². The first kappa shape index (κ1) is 17.5. The highest BCUT2D eigenvalue weighted by molar-refractivity contribution is 6.07. The molecule has 26 heavy (non-hydrogen) atoms. The molecule has 0 bridgehead atoms. The van der Waals surface area contributed by atoms with Crippen molar-refractivity contribution in [2.24, 2.45) is 7.05 Å². The lowest BCUT2D eigenvalue weighted by atomic mass is 9.81. The molecule has 3 aromatic rings. The largest absolute Gasteiger partial charge is 0.335 e. The molecule has 1 aromatic carbocycles. The van der Waals surface area contributed by atoms with Crippen molar-refractivity contribution < 1.29 is 0 Å². The molecule has 4 rings (SSSR count). The van der Waals surface area contributed by atoms with E-state index in [4.69, 9.17) is 4.98 Å². The van der Waals surface area contributed by atoms with E-state index in [1.807, 2.05) is 6.20 Å². The molecule has 2 heterocycles. The second-order valence-corrected chi connectivity index (χ2v) is 8.62. The highest BCUT2D eigenvalue weighted by Gasteiger charge is 2.26. The van der Waals surface area contributed by atoms with Crippen LogP contribution in [0.1, 0.15) is 62.5 Å². The van der Waals surface area contributed by atoms with Gasteiger partial charge in [0.25, 0.3) is 0 Å². The third-order valence-electron chi connectivity index (χ3n) is 6.39. The quantitative estimate of drug-likeness (QED) is 0.628. The van der Waals surface area contributed by atoms with Crippen LogP contribution in [0.5, 0.6) is 0 Å². The van der Waals surface area contributed by atoms with Gasteiger partial charge in [-0.05, 0) is 68.1 Å². The van der Waals surface area contributed by atoms with Crippen molar-refractivity contribution in [2.75, 3.05) is 14.1 Å². The fraction of sp³-hybridized carbons (Fsp3) is 0.522. The number of hydrogen-bond donors (Lipinski definition) is 0. The minimum atomic E-state index is 0.547. The topological polar surface area (TPSA) is 21.1 Å². The molecule has 138 valence electrons. The van der Waals surface area contributed by atoms with Crippen molar-refractivity contribution in [1.82, 2.24) is 14.5 Å². The fourth-order valence-corrected chi connectivity index (χ4v) is 4.68. The molecule has 3 nitrogen and oxygen atoms in total. The van der Waals surface area contributed by atoms with E-state index in [0.29, 0.717) is 11.8 Å². The van der Waals surface area contributed by atoms with Gasteiger partial charge in [-0.15, -0.1) is 0 Å². The number of rotatable bonds is 3. The van der Waals surface area contributed by atoms with E-state index < -0.39 is 0 Å². The summed E-state index contributed by atoms with van der Waals surface area (Å²) < 4.78 is 2.23. The first-order valence-electron chi connectivity index (χ1n) is 9.99. The van der Waals surface area contributed by atoms with Crippen LogP contribution in [-0.2, 0) is 7.05 Å². The van der Waals surface area contributed by atoms with Crippen LogP contribution in [0.3, 0.4) is 0 Å². The van der Waals surface area contributed by atoms with Gasteiger partial charge in [0.2, 0.25) is 0 Å². The predicted molar refractivity (Wildman–Crippen MR) is 111 cm³/mol. The summed E-state index contributed by atoms with van der Waals surface area (Å²) in [5.41, 5.74) is 4.05. The normalized spacial score (nSPS) is 21.3. The van der Waals surface area contributed by atoms with Gasteiger partial charge in [0.05, 0.1) is 0 Å². The molecular weight excluding hydrogens is 318 g/mol. The molecule has 2 aromatic heterocycles. The fourth-order valence-electron chi connectivity index (χ4n) is 4.68. The van der Waals surface area contributed by atoms with Crippen LogP contribution in [0.2, 0.25) is 0 Å². The van der Waals surface area contributed by atoms with Gasteiger partial charge in [0, 0.05) is 36.3 Å². The van der Waals surface area contributed by atoms with Crippen LogP contribution in [0, 0.1) is 0 Å². The summed E-state index contributed by atoms with van der Waals surface area (Å²) in [6.45, 7) is 4.54. The Morgan fingerprint density at radius 2 is 1.85 bits per heavy atom. The van der Waals surface area contributed by atoms with E-state index in [-0.39, 0.29) is 0 Å². The van der Waals surface area contributed by atoms with E-state index in [2.05, 4.69) is 68.9 Å². The van der Waals surface area contributed by atoms with Crippen LogP contribution in [0.15, 0.2) is 30.6 Å². The number of pyridine rings is 1. The van der Waals surface area contributed by atoms with E-state index in [9.17, 15) is 0 Å². The molecular formula is C23H31N3. The Balaban J connectivity index is 1.83. The molecule has 0 spiro atoms. The average molecular weight is 350 g/mol. The number of benzene rings is 1. The number of aromatic nitrogens is 2. The van der Waals surface area contributed by atoms with Crippen molar-refractivity contribution in [2.45, 2.75) is 57.4 Å². The summed E-state index contributed by atoms with van der Waals surface area (Å²) in [6.07, 6.45) is 9.53. The maximum Gasteiger partial charge on any atom is 0.140 e. The number of fused-ring (bicyclic) bond motifs is 3. The first-order valence-corrected chi connectivity index (χ1v) is 9.99. The van der Waals surface area contributed by atoms with E-state index >= 15 is 0 Å². The lowest BCUT2D eigenvalue weighted by Crippen LogP contribution is -2.31. The van der Waals surface area contributed by atoms with Gasteiger partial charge < -0.3 is 9.47 Å². The minimum Gasteiger partial charge on any atom is -0.335 e. The molecule has 1 aliphatic rings. The highest BCUT2D eigenvalue weighted by Crippen LogP contribution is 2.40. The second-order valence-electron chi connectivity index (χ2n) is 8.62. The number of nitrogens with zero attached hydrogens (tertiary/aromatic N) is 3. The van der Waals surface area contributed by atoms with Crippen LogP contribution in [-0.4, -0.2) is 34.6 Å². The zero-order valence-electron chi connectivity index (χ0n) is 16.8. The standard InChI is InChI=1S/C23H31N3/c1-15(2)17-6-7-18-13-24-23-22(20(18)12-17)21(14-26(23)5)16-8-10-19(11-9-16)25(3)4/h6-7,12-16,19H,8-11H2,1-5H3. The second kappa shape index (κ2) is 6.70. The molecule has 0 unspecified atom stereocenters. The summed E-state index contributed by atoms with van der Waals surface area (Å²) in [5, 5.41) is 4.03. The maximum atomic E-state index is 4.80. The summed E-state index contributed by atoms with van der Waals surface area (Å²) in [6, 6.07) is 7.64. The first-order chi connectivity index (χ1) is 12.5. The molecule has 1 fully saturated rings. The Hall–Kier alpha value is -1.87. The highest BCUT2D eigenvalue weighted by atomic mass is 15.1. The Labute approximate surface area is 157 Å². The smallest absolute Gasteiger partial charge is 0.140 e. The molecule has 0 amide bonds. The number of aryl methyl sites for hydroxylation is 1. The SMILES string of the molecule is CC(C)c1ccc2cnc3c(c(C4CCC(N(C)C)CC4)cn3C)c2c1. The molecule has 1 saturated carbocycles. The summed E-state index contributed by atoms with van der Waals surface area (Å²) in [4.78, 5) is 7.19. The Kier molecular flexibility index (Phi) is 4.52. The molecule has 0 N–H and O–H groups in total. The van der Waals surface area contributed by atoms with Crippen molar-refractivity contribution in [1.29, 1.82) is 0 Å². The molecule has 0 atom stereocenters. The molecule has 0 aliphatic heterocycles. The third-order valence-corrected chi connectivity index (χ3v) is 6.39. The van der Waals surface area contributed by atoms with Crippen molar-refractivity contribution >= 4 is 21.8 Å². The van der Waals surface area contributed by atoms with E-state index in [0.717, 1.165) is 11.7 Å². The monoisotopic (exact) mass is 349 g/mol. The van der Waals surface area contributed by atoms with Crippen LogP contribution in [0.25, 0.3) is 21.8 Å². The van der Waals surface area contributed by atoms with Gasteiger partial charge in [-0.1, -0.05) is 32.0 Å². The summed E-state index contributed by atoms with van der Waals surface area (Å²) in [7, 11) is 6.57. The Bertz CT molecular complexity index is 927. The molecule has 0 saturated heterocycles. The zero-order chi connectivity index (χ0) is 18.4. The van der Waals surface area contributed by atoms with Gasteiger partial charge in [0.15, 0.2) is 0 Å². The van der Waals surface area contributed by atoms with Gasteiger partial charge in [-0.3, -0.25) is 0 Å². The minimum absolute atomic E-state index is 0.547. The van der Waals surface area contributed by atoms with Gasteiger partial charge in [0.1, 0.15) is 5.65 Å². The zero-order valence-corrected chi connectivity index (χ0v) is 16.8. The predicted octanol–water partition coefficient (Wildman–Crippen LogP) is 5.44. The van der Waals surface area contributed by atoms with Crippen molar-refractivity contribution in [3.63, 3.8) is 0 Å². The Morgan fingerprint density at radius 1 is 1.12 bits per heavy atom. The van der Waals surface area contributed by atoms with Gasteiger partial charge in [-0.25, -0.2) is 4.98 Å². The van der Waals surface area contributed by atoms with E-state index in [1.54, 1.807) is 0 Å². The van der Waals surface area contributed by atoms with Crippen molar-refractivity contribution in [3.05, 3.63) is 41.7 Å². The lowest BCUT2D eigenvalue weighted by Gasteiger charge is -2.32.